The predicted molar refractivity (Wildman–Crippen MR) is 49.8 cm³/mol. The molecule has 66 valence electrons. The zero-order valence-corrected chi connectivity index (χ0v) is 7.45. The summed E-state index contributed by atoms with van der Waals surface area (Å²) in [5.74, 6) is 0. The van der Waals surface area contributed by atoms with Gasteiger partial charge >= 0.3 is 0 Å². The Morgan fingerprint density at radius 3 is 2.33 bits per heavy atom. The van der Waals surface area contributed by atoms with Crippen LogP contribution in [0.2, 0.25) is 0 Å². The molecule has 0 saturated carbocycles. The van der Waals surface area contributed by atoms with Gasteiger partial charge in [-0.15, -0.1) is 0 Å². The first-order valence-corrected chi connectivity index (χ1v) is 3.77. The Hall–Kier alpha value is -1.15. The van der Waals surface area contributed by atoms with Crippen LogP contribution in [0.3, 0.4) is 0 Å². The molecule has 0 aromatic heterocycles. The number of aliphatic hydroxyl groups is 1. The molecule has 0 fully saturated rings. The summed E-state index contributed by atoms with van der Waals surface area (Å²) < 4.78 is 0. The number of hydrogen-bond acceptors (Lipinski definition) is 2. The first-order valence-electron chi connectivity index (χ1n) is 3.77. The molecule has 0 unspecified atom stereocenters. The van der Waals surface area contributed by atoms with Gasteiger partial charge in [-0.25, -0.2) is 0 Å². The van der Waals surface area contributed by atoms with Crippen molar-refractivity contribution in [3.05, 3.63) is 35.5 Å². The number of carbonyl (C=O) groups excluding carboxylic acids is 1. The van der Waals surface area contributed by atoms with E-state index in [1.165, 1.54) is 0 Å². The van der Waals surface area contributed by atoms with Crippen LogP contribution >= 0.6 is 0 Å². The number of rotatable bonds is 4. The molecule has 0 saturated heterocycles. The molecule has 12 heavy (non-hydrogen) atoms. The Kier molecular flexibility index (Phi) is 5.93. The van der Waals surface area contributed by atoms with E-state index in [-0.39, 0.29) is 6.61 Å². The average Bonchev–Trinajstić information content (AvgIpc) is 2.11. The summed E-state index contributed by atoms with van der Waals surface area (Å²) in [5.41, 5.74) is 1.57. The van der Waals surface area contributed by atoms with E-state index in [0.29, 0.717) is 5.57 Å². The van der Waals surface area contributed by atoms with Gasteiger partial charge in [-0.3, -0.25) is 4.79 Å². The molecule has 0 aromatic carbocycles. The molecule has 2 heteroatoms. The molecule has 0 spiro atoms. The van der Waals surface area contributed by atoms with E-state index in [4.69, 9.17) is 5.11 Å². The summed E-state index contributed by atoms with van der Waals surface area (Å²) in [5, 5.41) is 8.62. The molecule has 0 aromatic rings. The fraction of sp³-hybridized carbons (Fsp3) is 0.300. The Balaban J connectivity index is 4.01. The van der Waals surface area contributed by atoms with Gasteiger partial charge < -0.3 is 5.11 Å². The molecule has 1 N–H and O–H groups in total. The largest absolute Gasteiger partial charge is 0.392 e. The lowest BCUT2D eigenvalue weighted by Crippen LogP contribution is -1.80. The van der Waals surface area contributed by atoms with E-state index < -0.39 is 0 Å². The molecule has 0 bridgehead atoms. The molecule has 0 rings (SSSR count). The van der Waals surface area contributed by atoms with Crippen LogP contribution in [0, 0.1) is 0 Å². The molecule has 0 atom stereocenters. The van der Waals surface area contributed by atoms with Crippen LogP contribution in [0.15, 0.2) is 35.5 Å². The van der Waals surface area contributed by atoms with Gasteiger partial charge in [-0.1, -0.05) is 24.3 Å². The SMILES string of the molecule is C\C(C=O)=C/C=C/C=C(\C)CO. The quantitative estimate of drug-likeness (QED) is 0.391. The molecule has 0 amide bonds. The van der Waals surface area contributed by atoms with Gasteiger partial charge in [-0.05, 0) is 25.0 Å². The monoisotopic (exact) mass is 166 g/mol. The molecule has 0 radical (unpaired) electrons. The van der Waals surface area contributed by atoms with E-state index in [9.17, 15) is 4.79 Å². The summed E-state index contributed by atoms with van der Waals surface area (Å²) in [7, 11) is 0. The maximum absolute atomic E-state index is 10.1. The Morgan fingerprint density at radius 2 is 1.83 bits per heavy atom. The fourth-order valence-corrected chi connectivity index (χ4v) is 0.519. The zero-order chi connectivity index (χ0) is 9.40. The summed E-state index contributed by atoms with van der Waals surface area (Å²) in [4.78, 5) is 10.1. The second kappa shape index (κ2) is 6.55. The predicted octanol–water partition coefficient (Wildman–Crippen LogP) is 1.63. The molecule has 2 nitrogen and oxygen atoms in total. The fourth-order valence-electron chi connectivity index (χ4n) is 0.519. The van der Waals surface area contributed by atoms with Crippen molar-refractivity contribution in [3.8, 4) is 0 Å². The summed E-state index contributed by atoms with van der Waals surface area (Å²) in [6, 6.07) is 0. The van der Waals surface area contributed by atoms with Crippen molar-refractivity contribution in [1.29, 1.82) is 0 Å². The topological polar surface area (TPSA) is 37.3 Å². The van der Waals surface area contributed by atoms with Crippen LogP contribution < -0.4 is 0 Å². The standard InChI is InChI=1S/C10H14O2/c1-9(7-11)5-3-4-6-10(2)8-12/h3-7,12H,8H2,1-2H3/b4-3+,9-5+,10-6+. The van der Waals surface area contributed by atoms with Gasteiger partial charge in [0.25, 0.3) is 0 Å². The maximum Gasteiger partial charge on any atom is 0.145 e. The van der Waals surface area contributed by atoms with E-state index in [1.807, 2.05) is 6.92 Å². The van der Waals surface area contributed by atoms with E-state index in [0.717, 1.165) is 11.9 Å². The van der Waals surface area contributed by atoms with Crippen LogP contribution in [0.25, 0.3) is 0 Å². The molecule has 0 aliphatic rings. The summed E-state index contributed by atoms with van der Waals surface area (Å²) in [6.45, 7) is 3.64. The minimum atomic E-state index is 0.0702. The number of hydrogen-bond donors (Lipinski definition) is 1. The van der Waals surface area contributed by atoms with Crippen molar-refractivity contribution in [2.45, 2.75) is 13.8 Å². The number of aldehydes is 1. The lowest BCUT2D eigenvalue weighted by molar-refractivity contribution is -0.104. The molecule has 0 aliphatic carbocycles. The Labute approximate surface area is 72.9 Å². The highest BCUT2D eigenvalue weighted by atomic mass is 16.3. The van der Waals surface area contributed by atoms with Gasteiger partial charge in [0.1, 0.15) is 6.29 Å². The van der Waals surface area contributed by atoms with Crippen LogP contribution in [-0.2, 0) is 4.79 Å². The Morgan fingerprint density at radius 1 is 1.25 bits per heavy atom. The normalized spacial score (nSPS) is 13.9. The lowest BCUT2D eigenvalue weighted by Gasteiger charge is -1.87. The minimum absolute atomic E-state index is 0.0702. The molecular formula is C10H14O2. The summed E-state index contributed by atoms with van der Waals surface area (Å²) in [6.07, 6.45) is 7.87. The van der Waals surface area contributed by atoms with Gasteiger partial charge in [-0.2, -0.15) is 0 Å². The number of allylic oxidation sites excluding steroid dienone is 5. The second-order valence-corrected chi connectivity index (χ2v) is 2.58. The number of carbonyl (C=O) groups is 1. The first-order chi connectivity index (χ1) is 5.70. The molecule has 0 heterocycles. The van der Waals surface area contributed by atoms with Gasteiger partial charge in [0.15, 0.2) is 0 Å². The number of aliphatic hydroxyl groups excluding tert-OH is 1. The van der Waals surface area contributed by atoms with E-state index in [2.05, 4.69) is 0 Å². The highest BCUT2D eigenvalue weighted by Gasteiger charge is 1.80. The third-order valence-corrected chi connectivity index (χ3v) is 1.29. The van der Waals surface area contributed by atoms with Crippen LogP contribution in [-0.4, -0.2) is 18.0 Å². The average molecular weight is 166 g/mol. The van der Waals surface area contributed by atoms with Crippen LogP contribution in [0.1, 0.15) is 13.8 Å². The van der Waals surface area contributed by atoms with Gasteiger partial charge in [0.05, 0.1) is 6.61 Å². The van der Waals surface area contributed by atoms with E-state index >= 15 is 0 Å². The van der Waals surface area contributed by atoms with Crippen molar-refractivity contribution in [3.63, 3.8) is 0 Å². The third-order valence-electron chi connectivity index (χ3n) is 1.29. The van der Waals surface area contributed by atoms with Gasteiger partial charge in [0, 0.05) is 0 Å². The van der Waals surface area contributed by atoms with Crippen molar-refractivity contribution < 1.29 is 9.90 Å². The minimum Gasteiger partial charge on any atom is -0.392 e. The van der Waals surface area contributed by atoms with Crippen LogP contribution in [0.5, 0.6) is 0 Å². The highest BCUT2D eigenvalue weighted by molar-refractivity contribution is 5.72. The smallest absolute Gasteiger partial charge is 0.145 e. The summed E-state index contributed by atoms with van der Waals surface area (Å²) >= 11 is 0. The van der Waals surface area contributed by atoms with Crippen molar-refractivity contribution in [1.82, 2.24) is 0 Å². The van der Waals surface area contributed by atoms with Crippen LogP contribution in [0.4, 0.5) is 0 Å². The van der Waals surface area contributed by atoms with Crippen molar-refractivity contribution in [2.75, 3.05) is 6.61 Å². The van der Waals surface area contributed by atoms with Crippen molar-refractivity contribution >= 4 is 6.29 Å². The second-order valence-electron chi connectivity index (χ2n) is 2.58. The lowest BCUT2D eigenvalue weighted by atomic mass is 10.2. The van der Waals surface area contributed by atoms with Gasteiger partial charge in [0.2, 0.25) is 0 Å². The first kappa shape index (κ1) is 10.8. The molecular weight excluding hydrogens is 152 g/mol. The van der Waals surface area contributed by atoms with Crippen molar-refractivity contribution in [2.24, 2.45) is 0 Å². The molecule has 0 aliphatic heterocycles. The Bertz CT molecular complexity index is 222. The zero-order valence-electron chi connectivity index (χ0n) is 7.45. The highest BCUT2D eigenvalue weighted by Crippen LogP contribution is 1.92. The third kappa shape index (κ3) is 5.62. The maximum atomic E-state index is 10.1. The van der Waals surface area contributed by atoms with E-state index in [1.54, 1.807) is 31.2 Å².